The van der Waals surface area contributed by atoms with Crippen LogP contribution < -0.4 is 0 Å². The van der Waals surface area contributed by atoms with E-state index in [0.717, 1.165) is 0 Å². The van der Waals surface area contributed by atoms with Gasteiger partial charge in [0, 0.05) is 0 Å². The van der Waals surface area contributed by atoms with Crippen molar-refractivity contribution in [3.63, 3.8) is 0 Å². The van der Waals surface area contributed by atoms with Gasteiger partial charge in [-0.05, 0) is 96.7 Å². The fourth-order valence-electron chi connectivity index (χ4n) is 6.12. The Morgan fingerprint density at radius 3 is 1.39 bits per heavy atom. The summed E-state index contributed by atoms with van der Waals surface area (Å²) in [6.45, 7) is 4.47. The Hall–Kier alpha value is -4.68. The van der Waals surface area contributed by atoms with E-state index in [1.54, 1.807) is 0 Å². The molecule has 0 radical (unpaired) electrons. The molecule has 0 aliphatic carbocycles. The van der Waals surface area contributed by atoms with E-state index >= 15 is 0 Å². The zero-order valence-corrected chi connectivity index (χ0v) is 21.7. The molecule has 0 saturated heterocycles. The minimum atomic E-state index is 1.25. The molecule has 0 heterocycles. The Morgan fingerprint density at radius 1 is 0.342 bits per heavy atom. The molecule has 0 aliphatic heterocycles. The highest BCUT2D eigenvalue weighted by Gasteiger charge is 2.17. The molecule has 0 amide bonds. The van der Waals surface area contributed by atoms with E-state index in [1.807, 2.05) is 0 Å². The molecule has 7 rings (SSSR count). The minimum absolute atomic E-state index is 1.25. The Bertz CT molecular complexity index is 1920. The molecule has 38 heavy (non-hydrogen) atoms. The standard InChI is InChI=1S/C38H28/c1-25-23-30(20-21-31(25)36-24-29-15-7-6-14-28(29)22-26(36)2)38-34-18-10-8-16-32(34)37(27-12-4-3-5-13-27)33-17-9-11-19-35(33)38/h3-24H,1-2H3. The summed E-state index contributed by atoms with van der Waals surface area (Å²) in [6.07, 6.45) is 0. The quantitative estimate of drug-likeness (QED) is 0.219. The van der Waals surface area contributed by atoms with Crippen molar-refractivity contribution >= 4 is 32.3 Å². The summed E-state index contributed by atoms with van der Waals surface area (Å²) in [7, 11) is 0. The molecule has 0 heteroatoms. The molecule has 0 bridgehead atoms. The predicted octanol–water partition coefficient (Wildman–Crippen LogP) is 10.8. The van der Waals surface area contributed by atoms with Crippen LogP contribution in [-0.4, -0.2) is 0 Å². The molecule has 180 valence electrons. The lowest BCUT2D eigenvalue weighted by Gasteiger charge is -2.19. The Labute approximate surface area is 223 Å². The lowest BCUT2D eigenvalue weighted by molar-refractivity contribution is 1.42. The van der Waals surface area contributed by atoms with E-state index in [-0.39, 0.29) is 0 Å². The van der Waals surface area contributed by atoms with Crippen molar-refractivity contribution < 1.29 is 0 Å². The van der Waals surface area contributed by atoms with Crippen molar-refractivity contribution in [2.24, 2.45) is 0 Å². The molecular weight excluding hydrogens is 456 g/mol. The van der Waals surface area contributed by atoms with Crippen LogP contribution in [0.15, 0.2) is 133 Å². The van der Waals surface area contributed by atoms with Gasteiger partial charge in [0.1, 0.15) is 0 Å². The number of hydrogen-bond donors (Lipinski definition) is 0. The summed E-state index contributed by atoms with van der Waals surface area (Å²) < 4.78 is 0. The van der Waals surface area contributed by atoms with Crippen LogP contribution in [0.5, 0.6) is 0 Å². The van der Waals surface area contributed by atoms with Crippen LogP contribution in [-0.2, 0) is 0 Å². The van der Waals surface area contributed by atoms with Gasteiger partial charge in [0.2, 0.25) is 0 Å². The maximum absolute atomic E-state index is 2.38. The molecule has 0 saturated carbocycles. The highest BCUT2D eigenvalue weighted by molar-refractivity contribution is 6.21. The summed E-state index contributed by atoms with van der Waals surface area (Å²) in [5, 5.41) is 7.74. The predicted molar refractivity (Wildman–Crippen MR) is 165 cm³/mol. The zero-order valence-electron chi connectivity index (χ0n) is 21.7. The first-order valence-corrected chi connectivity index (χ1v) is 13.3. The third-order valence-corrected chi connectivity index (χ3v) is 7.89. The van der Waals surface area contributed by atoms with Gasteiger partial charge in [-0.1, -0.05) is 127 Å². The van der Waals surface area contributed by atoms with Gasteiger partial charge < -0.3 is 0 Å². The molecule has 0 unspecified atom stereocenters. The fraction of sp³-hybridized carbons (Fsp3) is 0.0526. The first kappa shape index (κ1) is 22.5. The lowest BCUT2D eigenvalue weighted by Crippen LogP contribution is -1.92. The number of benzene rings is 7. The van der Waals surface area contributed by atoms with Crippen LogP contribution in [0.1, 0.15) is 11.1 Å². The second kappa shape index (κ2) is 9.01. The van der Waals surface area contributed by atoms with Gasteiger partial charge >= 0.3 is 0 Å². The van der Waals surface area contributed by atoms with Gasteiger partial charge in [0.15, 0.2) is 0 Å². The van der Waals surface area contributed by atoms with E-state index < -0.39 is 0 Å². The molecule has 0 nitrogen and oxygen atoms in total. The van der Waals surface area contributed by atoms with Crippen molar-refractivity contribution in [3.05, 3.63) is 145 Å². The Morgan fingerprint density at radius 2 is 0.816 bits per heavy atom. The molecule has 0 aromatic heterocycles. The molecule has 0 N–H and O–H groups in total. The summed E-state index contributed by atoms with van der Waals surface area (Å²) in [5.74, 6) is 0. The first-order chi connectivity index (χ1) is 18.7. The van der Waals surface area contributed by atoms with Crippen molar-refractivity contribution in [2.75, 3.05) is 0 Å². The number of fused-ring (bicyclic) bond motifs is 3. The minimum Gasteiger partial charge on any atom is -0.0622 e. The summed E-state index contributed by atoms with van der Waals surface area (Å²) in [4.78, 5) is 0. The summed E-state index contributed by atoms with van der Waals surface area (Å²) in [5.41, 5.74) is 10.3. The lowest BCUT2D eigenvalue weighted by atomic mass is 9.85. The van der Waals surface area contributed by atoms with Crippen LogP contribution in [0.25, 0.3) is 65.7 Å². The van der Waals surface area contributed by atoms with Crippen molar-refractivity contribution in [1.29, 1.82) is 0 Å². The van der Waals surface area contributed by atoms with Gasteiger partial charge in [-0.2, -0.15) is 0 Å². The molecular formula is C38H28. The van der Waals surface area contributed by atoms with E-state index in [1.165, 1.54) is 76.8 Å². The number of hydrogen-bond acceptors (Lipinski definition) is 0. The largest absolute Gasteiger partial charge is 0.0622 e. The van der Waals surface area contributed by atoms with E-state index in [2.05, 4.69) is 147 Å². The topological polar surface area (TPSA) is 0 Å². The molecule has 0 aliphatic rings. The van der Waals surface area contributed by atoms with Crippen LogP contribution in [0.2, 0.25) is 0 Å². The van der Waals surface area contributed by atoms with Gasteiger partial charge in [-0.15, -0.1) is 0 Å². The average molecular weight is 485 g/mol. The Kier molecular flexibility index (Phi) is 5.34. The van der Waals surface area contributed by atoms with E-state index in [0.29, 0.717) is 0 Å². The molecule has 7 aromatic carbocycles. The normalized spacial score (nSPS) is 11.4. The zero-order chi connectivity index (χ0) is 25.6. The molecule has 7 aromatic rings. The van der Waals surface area contributed by atoms with Gasteiger partial charge in [0.25, 0.3) is 0 Å². The monoisotopic (exact) mass is 484 g/mol. The third-order valence-electron chi connectivity index (χ3n) is 7.89. The summed E-state index contributed by atoms with van der Waals surface area (Å²) >= 11 is 0. The van der Waals surface area contributed by atoms with Crippen molar-refractivity contribution in [1.82, 2.24) is 0 Å². The van der Waals surface area contributed by atoms with Crippen molar-refractivity contribution in [3.8, 4) is 33.4 Å². The first-order valence-electron chi connectivity index (χ1n) is 13.3. The van der Waals surface area contributed by atoms with E-state index in [9.17, 15) is 0 Å². The Balaban J connectivity index is 1.48. The maximum Gasteiger partial charge on any atom is -0.00263 e. The number of aryl methyl sites for hydroxylation is 2. The second-order valence-corrected chi connectivity index (χ2v) is 10.3. The van der Waals surface area contributed by atoms with Crippen LogP contribution >= 0.6 is 0 Å². The van der Waals surface area contributed by atoms with Crippen LogP contribution in [0, 0.1) is 13.8 Å². The highest BCUT2D eigenvalue weighted by atomic mass is 14.2. The molecule has 0 atom stereocenters. The maximum atomic E-state index is 2.38. The second-order valence-electron chi connectivity index (χ2n) is 10.3. The fourth-order valence-corrected chi connectivity index (χ4v) is 6.12. The van der Waals surface area contributed by atoms with Gasteiger partial charge in [-0.25, -0.2) is 0 Å². The molecule has 0 fully saturated rings. The van der Waals surface area contributed by atoms with Crippen molar-refractivity contribution in [2.45, 2.75) is 13.8 Å². The van der Waals surface area contributed by atoms with Gasteiger partial charge in [-0.3, -0.25) is 0 Å². The smallest absolute Gasteiger partial charge is 0.00263 e. The molecule has 0 spiro atoms. The summed E-state index contributed by atoms with van der Waals surface area (Å²) in [6, 6.07) is 48.8. The highest BCUT2D eigenvalue weighted by Crippen LogP contribution is 2.44. The third kappa shape index (κ3) is 3.61. The average Bonchev–Trinajstić information content (AvgIpc) is 2.96. The van der Waals surface area contributed by atoms with Gasteiger partial charge in [0.05, 0.1) is 0 Å². The van der Waals surface area contributed by atoms with Crippen LogP contribution in [0.3, 0.4) is 0 Å². The number of rotatable bonds is 3. The SMILES string of the molecule is Cc1cc(-c2c3ccccc3c(-c3ccccc3)c3ccccc23)ccc1-c1cc2ccccc2cc1C. The van der Waals surface area contributed by atoms with E-state index in [4.69, 9.17) is 0 Å². The van der Waals surface area contributed by atoms with Crippen LogP contribution in [0.4, 0.5) is 0 Å².